The highest BCUT2D eigenvalue weighted by atomic mass is 16.6. The van der Waals surface area contributed by atoms with E-state index in [0.717, 1.165) is 11.1 Å². The van der Waals surface area contributed by atoms with Crippen molar-refractivity contribution in [3.8, 4) is 0 Å². The van der Waals surface area contributed by atoms with E-state index in [2.05, 4.69) is 5.32 Å². The molecule has 3 fully saturated rings. The van der Waals surface area contributed by atoms with Gasteiger partial charge in [0.15, 0.2) is 6.10 Å². The number of morpholine rings is 1. The van der Waals surface area contributed by atoms with Gasteiger partial charge >= 0.3 is 6.09 Å². The Kier molecular flexibility index (Phi) is 4.74. The van der Waals surface area contributed by atoms with Gasteiger partial charge in [-0.1, -0.05) is 24.3 Å². The molecule has 3 aliphatic rings. The van der Waals surface area contributed by atoms with Gasteiger partial charge in [-0.2, -0.15) is 0 Å². The number of nitrogens with one attached hydrogen (secondary N) is 1. The van der Waals surface area contributed by atoms with Crippen LogP contribution in [0.4, 0.5) is 4.79 Å². The fourth-order valence-corrected chi connectivity index (χ4v) is 4.30. The molecule has 8 nitrogen and oxygen atoms in total. The second-order valence-corrected chi connectivity index (χ2v) is 7.79. The zero-order chi connectivity index (χ0) is 19.9. The van der Waals surface area contributed by atoms with Crippen molar-refractivity contribution in [2.24, 2.45) is 0 Å². The molecule has 1 aromatic rings. The molecular formula is C20H25N3O5. The molecule has 1 N–H and O–H groups in total. The van der Waals surface area contributed by atoms with E-state index < -0.39 is 23.8 Å². The molecule has 3 aliphatic heterocycles. The molecule has 3 amide bonds. The monoisotopic (exact) mass is 387 g/mol. The number of hydrogen-bond donors (Lipinski definition) is 1. The third kappa shape index (κ3) is 3.22. The van der Waals surface area contributed by atoms with Gasteiger partial charge in [0.1, 0.15) is 12.2 Å². The lowest BCUT2D eigenvalue weighted by molar-refractivity contribution is -0.169. The summed E-state index contributed by atoms with van der Waals surface area (Å²) in [6.45, 7) is 3.33. The summed E-state index contributed by atoms with van der Waals surface area (Å²) in [5.41, 5.74) is 1.42. The van der Waals surface area contributed by atoms with E-state index in [1.54, 1.807) is 16.8 Å². The average Bonchev–Trinajstić information content (AvgIpc) is 3.05. The Bertz CT molecular complexity index is 803. The maximum Gasteiger partial charge on any atom is 0.407 e. The molecule has 150 valence electrons. The van der Waals surface area contributed by atoms with Gasteiger partial charge in [-0.3, -0.25) is 9.59 Å². The van der Waals surface area contributed by atoms with Gasteiger partial charge in [0, 0.05) is 33.0 Å². The van der Waals surface area contributed by atoms with Crippen LogP contribution >= 0.6 is 0 Å². The van der Waals surface area contributed by atoms with Crippen molar-refractivity contribution < 1.29 is 23.9 Å². The summed E-state index contributed by atoms with van der Waals surface area (Å²) in [5.74, 6) is -0.265. The van der Waals surface area contributed by atoms with Crippen LogP contribution in [-0.2, 0) is 19.1 Å². The van der Waals surface area contributed by atoms with Gasteiger partial charge in [-0.15, -0.1) is 0 Å². The van der Waals surface area contributed by atoms with Crippen LogP contribution < -0.4 is 5.32 Å². The number of amides is 3. The zero-order valence-corrected chi connectivity index (χ0v) is 16.1. The quantitative estimate of drug-likeness (QED) is 0.818. The van der Waals surface area contributed by atoms with Gasteiger partial charge in [-0.05, 0) is 18.1 Å². The summed E-state index contributed by atoms with van der Waals surface area (Å²) in [6.07, 6.45) is 0.0411. The molecule has 1 spiro atoms. The first-order chi connectivity index (χ1) is 13.4. The van der Waals surface area contributed by atoms with Crippen LogP contribution in [0.2, 0.25) is 0 Å². The van der Waals surface area contributed by atoms with Crippen LogP contribution in [0.1, 0.15) is 30.0 Å². The van der Waals surface area contributed by atoms with Crippen LogP contribution in [0.25, 0.3) is 0 Å². The van der Waals surface area contributed by atoms with Crippen molar-refractivity contribution in [1.82, 2.24) is 15.1 Å². The molecule has 8 heteroatoms. The van der Waals surface area contributed by atoms with Crippen LogP contribution in [0.3, 0.4) is 0 Å². The third-order valence-electron chi connectivity index (χ3n) is 6.08. The molecule has 0 saturated carbocycles. The Morgan fingerprint density at radius 3 is 2.57 bits per heavy atom. The second-order valence-electron chi connectivity index (χ2n) is 7.79. The average molecular weight is 387 g/mol. The van der Waals surface area contributed by atoms with E-state index in [-0.39, 0.29) is 18.4 Å². The van der Waals surface area contributed by atoms with Crippen LogP contribution in [0.15, 0.2) is 24.3 Å². The highest BCUT2D eigenvalue weighted by Crippen LogP contribution is 2.34. The van der Waals surface area contributed by atoms with Gasteiger partial charge in [-0.25, -0.2) is 4.79 Å². The molecule has 3 saturated heterocycles. The number of rotatable bonds is 2. The van der Waals surface area contributed by atoms with E-state index in [0.29, 0.717) is 32.5 Å². The Morgan fingerprint density at radius 1 is 1.21 bits per heavy atom. The number of likely N-dealkylation sites (tertiary alicyclic amines) is 1. The van der Waals surface area contributed by atoms with E-state index in [4.69, 9.17) is 9.47 Å². The Hall–Kier alpha value is -2.61. The first-order valence-electron chi connectivity index (χ1n) is 9.59. The fourth-order valence-electron chi connectivity index (χ4n) is 4.30. The van der Waals surface area contributed by atoms with Crippen LogP contribution in [-0.4, -0.2) is 72.7 Å². The summed E-state index contributed by atoms with van der Waals surface area (Å²) in [7, 11) is 1.72. The Balaban J connectivity index is 1.53. The highest BCUT2D eigenvalue weighted by molar-refractivity contribution is 5.86. The maximum atomic E-state index is 13.3. The minimum Gasteiger partial charge on any atom is -0.441 e. The molecule has 4 rings (SSSR count). The molecule has 0 aromatic heterocycles. The number of ether oxygens (including phenoxy) is 2. The molecule has 3 heterocycles. The molecule has 0 unspecified atom stereocenters. The standard InChI is InChI=1S/C20H25N3O5/c1-13-5-3-4-6-14(13)16-17(27-11-15(24)22(16)2)18(25)23-9-7-20(8-10-23)12-21-19(26)28-20/h3-6,16-17H,7-12H2,1-2H3,(H,21,26)/t16-,17+/m1/s1. The van der Waals surface area contributed by atoms with E-state index in [9.17, 15) is 14.4 Å². The predicted molar refractivity (Wildman–Crippen MR) is 99.5 cm³/mol. The lowest BCUT2D eigenvalue weighted by Gasteiger charge is -2.43. The number of benzene rings is 1. The van der Waals surface area contributed by atoms with Crippen LogP contribution in [0, 0.1) is 6.92 Å². The Labute approximate surface area is 163 Å². The third-order valence-corrected chi connectivity index (χ3v) is 6.08. The van der Waals surface area contributed by atoms with E-state index in [1.165, 1.54) is 0 Å². The molecule has 1 aromatic carbocycles. The van der Waals surface area contributed by atoms with Crippen molar-refractivity contribution in [2.45, 2.75) is 37.5 Å². The minimum absolute atomic E-state index is 0.103. The zero-order valence-electron chi connectivity index (χ0n) is 16.1. The van der Waals surface area contributed by atoms with Crippen molar-refractivity contribution in [1.29, 1.82) is 0 Å². The fraction of sp³-hybridized carbons (Fsp3) is 0.550. The molecule has 28 heavy (non-hydrogen) atoms. The smallest absolute Gasteiger partial charge is 0.407 e. The first-order valence-corrected chi connectivity index (χ1v) is 9.59. The number of carbonyl (C=O) groups excluding carboxylic acids is 3. The van der Waals surface area contributed by atoms with Crippen molar-refractivity contribution in [2.75, 3.05) is 33.3 Å². The van der Waals surface area contributed by atoms with Crippen molar-refractivity contribution in [3.05, 3.63) is 35.4 Å². The number of hydrogen-bond acceptors (Lipinski definition) is 5. The first kappa shape index (κ1) is 18.7. The normalized spacial score (nSPS) is 26.9. The molecule has 0 aliphatic carbocycles. The minimum atomic E-state index is -0.748. The van der Waals surface area contributed by atoms with Gasteiger partial charge in [0.2, 0.25) is 5.91 Å². The molecule has 0 radical (unpaired) electrons. The number of likely N-dealkylation sites (N-methyl/N-ethyl adjacent to an activating group) is 1. The lowest BCUT2D eigenvalue weighted by Crippen LogP contribution is -2.56. The molecule has 0 bridgehead atoms. The van der Waals surface area contributed by atoms with E-state index in [1.807, 2.05) is 31.2 Å². The largest absolute Gasteiger partial charge is 0.441 e. The summed E-state index contributed by atoms with van der Waals surface area (Å²) in [4.78, 5) is 40.3. The SMILES string of the molecule is Cc1ccccc1[C@@H]1[C@@H](C(=O)N2CCC3(CC2)CNC(=O)O3)OCC(=O)N1C. The molecular weight excluding hydrogens is 362 g/mol. The summed E-state index contributed by atoms with van der Waals surface area (Å²) < 4.78 is 11.2. The topological polar surface area (TPSA) is 88.2 Å². The number of nitrogens with zero attached hydrogens (tertiary/aromatic N) is 2. The van der Waals surface area contributed by atoms with E-state index >= 15 is 0 Å². The lowest BCUT2D eigenvalue weighted by atomic mass is 9.90. The summed E-state index contributed by atoms with van der Waals surface area (Å²) in [5, 5.41) is 2.70. The molecule has 2 atom stereocenters. The number of aryl methyl sites for hydroxylation is 1. The van der Waals surface area contributed by atoms with Crippen LogP contribution in [0.5, 0.6) is 0 Å². The number of carbonyl (C=O) groups is 3. The summed E-state index contributed by atoms with van der Waals surface area (Å²) in [6, 6.07) is 7.28. The predicted octanol–water partition coefficient (Wildman–Crippen LogP) is 0.994. The van der Waals surface area contributed by atoms with Gasteiger partial charge < -0.3 is 24.6 Å². The second kappa shape index (κ2) is 7.09. The van der Waals surface area contributed by atoms with Crippen molar-refractivity contribution >= 4 is 17.9 Å². The number of alkyl carbamates (subject to hydrolysis) is 1. The number of piperidine rings is 1. The van der Waals surface area contributed by atoms with Gasteiger partial charge in [0.25, 0.3) is 5.91 Å². The maximum absolute atomic E-state index is 13.3. The Morgan fingerprint density at radius 2 is 1.93 bits per heavy atom. The van der Waals surface area contributed by atoms with Crippen molar-refractivity contribution in [3.63, 3.8) is 0 Å². The van der Waals surface area contributed by atoms with Gasteiger partial charge in [0.05, 0.1) is 12.6 Å². The summed E-state index contributed by atoms with van der Waals surface area (Å²) >= 11 is 0. The highest BCUT2D eigenvalue weighted by Gasteiger charge is 2.47.